The van der Waals surface area contributed by atoms with Crippen molar-refractivity contribution in [2.75, 3.05) is 11.9 Å². The second-order valence-electron chi connectivity index (χ2n) is 4.91. The average molecular weight is 331 g/mol. The van der Waals surface area contributed by atoms with Gasteiger partial charge in [0.05, 0.1) is 0 Å². The Hall–Kier alpha value is -2.47. The number of esters is 1. The second kappa shape index (κ2) is 7.69. The summed E-state index contributed by atoms with van der Waals surface area (Å²) in [6, 6.07) is 8.49. The fourth-order valence-corrected chi connectivity index (χ4v) is 2.77. The molecule has 2 rings (SSSR count). The largest absolute Gasteiger partial charge is 0.451 e. The van der Waals surface area contributed by atoms with Crippen molar-refractivity contribution < 1.29 is 19.1 Å². The molecule has 0 aliphatic heterocycles. The fraction of sp³-hybridized carbons (Fsp3) is 0.235. The lowest BCUT2D eigenvalue weighted by Crippen LogP contribution is -2.21. The number of anilines is 1. The van der Waals surface area contributed by atoms with Crippen LogP contribution < -0.4 is 5.32 Å². The SMILES string of the molecule is CCC(=O)c1cccc(NC(=O)COC(=O)c2sccc2C)c1. The van der Waals surface area contributed by atoms with Crippen molar-refractivity contribution in [2.24, 2.45) is 0 Å². The Balaban J connectivity index is 1.91. The lowest BCUT2D eigenvalue weighted by atomic mass is 10.1. The molecule has 6 heteroatoms. The monoisotopic (exact) mass is 331 g/mol. The van der Waals surface area contributed by atoms with E-state index >= 15 is 0 Å². The summed E-state index contributed by atoms with van der Waals surface area (Å²) in [5, 5.41) is 4.41. The summed E-state index contributed by atoms with van der Waals surface area (Å²) in [5.41, 5.74) is 1.86. The van der Waals surface area contributed by atoms with Crippen LogP contribution in [0.1, 0.15) is 38.9 Å². The molecular weight excluding hydrogens is 314 g/mol. The molecule has 0 radical (unpaired) electrons. The zero-order valence-electron chi connectivity index (χ0n) is 12.9. The number of nitrogens with one attached hydrogen (secondary N) is 1. The van der Waals surface area contributed by atoms with Gasteiger partial charge in [0.15, 0.2) is 12.4 Å². The maximum Gasteiger partial charge on any atom is 0.349 e. The summed E-state index contributed by atoms with van der Waals surface area (Å²) < 4.78 is 4.99. The third kappa shape index (κ3) is 4.50. The summed E-state index contributed by atoms with van der Waals surface area (Å²) in [6.07, 6.45) is 0.398. The summed E-state index contributed by atoms with van der Waals surface area (Å²) in [5.74, 6) is -0.961. The molecule has 0 bridgehead atoms. The number of thiophene rings is 1. The highest BCUT2D eigenvalue weighted by Gasteiger charge is 2.14. The van der Waals surface area contributed by atoms with Crippen LogP contribution >= 0.6 is 11.3 Å². The van der Waals surface area contributed by atoms with Gasteiger partial charge in [0.2, 0.25) is 0 Å². The van der Waals surface area contributed by atoms with E-state index < -0.39 is 11.9 Å². The van der Waals surface area contributed by atoms with Gasteiger partial charge in [-0.2, -0.15) is 0 Å². The molecule has 5 nitrogen and oxygen atoms in total. The van der Waals surface area contributed by atoms with Crippen molar-refractivity contribution in [3.63, 3.8) is 0 Å². The highest BCUT2D eigenvalue weighted by molar-refractivity contribution is 7.12. The Labute approximate surface area is 138 Å². The molecule has 120 valence electrons. The first-order valence-electron chi connectivity index (χ1n) is 7.15. The van der Waals surface area contributed by atoms with Crippen molar-refractivity contribution >= 4 is 34.7 Å². The standard InChI is InChI=1S/C17H17NO4S/c1-3-14(19)12-5-4-6-13(9-12)18-15(20)10-22-17(21)16-11(2)7-8-23-16/h4-9H,3,10H2,1-2H3,(H,18,20). The van der Waals surface area contributed by atoms with Crippen molar-refractivity contribution in [1.29, 1.82) is 0 Å². The van der Waals surface area contributed by atoms with E-state index in [9.17, 15) is 14.4 Å². The van der Waals surface area contributed by atoms with Gasteiger partial charge in [-0.15, -0.1) is 11.3 Å². The molecule has 0 fully saturated rings. The Morgan fingerprint density at radius 2 is 2.00 bits per heavy atom. The summed E-state index contributed by atoms with van der Waals surface area (Å²) in [7, 11) is 0. The van der Waals surface area contributed by atoms with Crippen LogP contribution in [0.5, 0.6) is 0 Å². The Bertz CT molecular complexity index is 736. The third-order valence-electron chi connectivity index (χ3n) is 3.17. The molecular formula is C17H17NO4S. The molecule has 0 aliphatic rings. The molecule has 0 atom stereocenters. The maximum absolute atomic E-state index is 11.9. The molecule has 2 aromatic rings. The van der Waals surface area contributed by atoms with Crippen LogP contribution in [0.4, 0.5) is 5.69 Å². The number of ether oxygens (including phenoxy) is 1. The highest BCUT2D eigenvalue weighted by atomic mass is 32.1. The van der Waals surface area contributed by atoms with Crippen LogP contribution in [0.25, 0.3) is 0 Å². The number of Topliss-reactive ketones (excluding diaryl/α,β-unsaturated/α-hetero) is 1. The zero-order valence-corrected chi connectivity index (χ0v) is 13.7. The number of aryl methyl sites for hydroxylation is 1. The summed E-state index contributed by atoms with van der Waals surface area (Å²) in [6.45, 7) is 3.21. The number of hydrogen-bond acceptors (Lipinski definition) is 5. The Morgan fingerprint density at radius 1 is 1.22 bits per heavy atom. The lowest BCUT2D eigenvalue weighted by molar-refractivity contribution is -0.119. The lowest BCUT2D eigenvalue weighted by Gasteiger charge is -2.07. The van der Waals surface area contributed by atoms with Crippen LogP contribution in [-0.4, -0.2) is 24.3 Å². The topological polar surface area (TPSA) is 72.5 Å². The Kier molecular flexibility index (Phi) is 5.65. The fourth-order valence-electron chi connectivity index (χ4n) is 1.95. The van der Waals surface area contributed by atoms with Crippen molar-refractivity contribution in [2.45, 2.75) is 20.3 Å². The number of ketones is 1. The van der Waals surface area contributed by atoms with Crippen LogP contribution in [-0.2, 0) is 9.53 Å². The van der Waals surface area contributed by atoms with Gasteiger partial charge in [0.1, 0.15) is 4.88 Å². The summed E-state index contributed by atoms with van der Waals surface area (Å²) in [4.78, 5) is 35.8. The number of carbonyl (C=O) groups excluding carboxylic acids is 3. The average Bonchev–Trinajstić information content (AvgIpc) is 2.98. The smallest absolute Gasteiger partial charge is 0.349 e. The van der Waals surface area contributed by atoms with Crippen LogP contribution in [0, 0.1) is 6.92 Å². The molecule has 1 amide bonds. The zero-order chi connectivity index (χ0) is 16.8. The maximum atomic E-state index is 11.9. The van der Waals surface area contributed by atoms with E-state index in [4.69, 9.17) is 4.74 Å². The van der Waals surface area contributed by atoms with Crippen molar-refractivity contribution in [1.82, 2.24) is 0 Å². The molecule has 0 aliphatic carbocycles. The van der Waals surface area contributed by atoms with E-state index in [-0.39, 0.29) is 12.4 Å². The molecule has 0 saturated carbocycles. The minimum absolute atomic E-state index is 0.000646. The van der Waals surface area contributed by atoms with E-state index in [0.717, 1.165) is 5.56 Å². The molecule has 23 heavy (non-hydrogen) atoms. The second-order valence-corrected chi connectivity index (χ2v) is 5.83. The number of benzene rings is 1. The van der Waals surface area contributed by atoms with Crippen LogP contribution in [0.3, 0.4) is 0 Å². The van der Waals surface area contributed by atoms with E-state index in [1.807, 2.05) is 13.0 Å². The summed E-state index contributed by atoms with van der Waals surface area (Å²) >= 11 is 1.28. The first-order valence-corrected chi connectivity index (χ1v) is 8.03. The van der Waals surface area contributed by atoms with Gasteiger partial charge in [0.25, 0.3) is 5.91 Å². The minimum atomic E-state index is -0.512. The molecule has 0 saturated heterocycles. The van der Waals surface area contributed by atoms with Crippen LogP contribution in [0.2, 0.25) is 0 Å². The molecule has 1 heterocycles. The Morgan fingerprint density at radius 3 is 2.65 bits per heavy atom. The predicted octanol–water partition coefficient (Wildman–Crippen LogP) is 3.44. The van der Waals surface area contributed by atoms with Gasteiger partial charge in [-0.3, -0.25) is 9.59 Å². The van der Waals surface area contributed by atoms with Gasteiger partial charge >= 0.3 is 5.97 Å². The van der Waals surface area contributed by atoms with Crippen LogP contribution in [0.15, 0.2) is 35.7 Å². The number of amides is 1. The third-order valence-corrected chi connectivity index (χ3v) is 4.17. The molecule has 0 spiro atoms. The van der Waals surface area contributed by atoms with Crippen molar-refractivity contribution in [3.8, 4) is 0 Å². The van der Waals surface area contributed by atoms with E-state index in [2.05, 4.69) is 5.32 Å². The van der Waals surface area contributed by atoms with Gasteiger partial charge in [0, 0.05) is 17.7 Å². The van der Waals surface area contributed by atoms with E-state index in [0.29, 0.717) is 22.5 Å². The first-order chi connectivity index (χ1) is 11.0. The molecule has 0 unspecified atom stereocenters. The quantitative estimate of drug-likeness (QED) is 0.650. The van der Waals surface area contributed by atoms with E-state index in [1.54, 1.807) is 36.6 Å². The predicted molar refractivity (Wildman–Crippen MR) is 89.0 cm³/mol. The first kappa shape index (κ1) is 16.9. The normalized spacial score (nSPS) is 10.2. The van der Waals surface area contributed by atoms with Gasteiger partial charge in [-0.1, -0.05) is 19.1 Å². The van der Waals surface area contributed by atoms with E-state index in [1.165, 1.54) is 11.3 Å². The molecule has 1 aromatic carbocycles. The highest BCUT2D eigenvalue weighted by Crippen LogP contribution is 2.17. The van der Waals surface area contributed by atoms with Gasteiger partial charge in [-0.05, 0) is 36.1 Å². The number of hydrogen-bond donors (Lipinski definition) is 1. The number of rotatable bonds is 6. The molecule has 1 aromatic heterocycles. The molecule has 1 N–H and O–H groups in total. The minimum Gasteiger partial charge on any atom is -0.451 e. The van der Waals surface area contributed by atoms with Gasteiger partial charge in [-0.25, -0.2) is 4.79 Å². The number of carbonyl (C=O) groups is 3. The van der Waals surface area contributed by atoms with Crippen molar-refractivity contribution in [3.05, 3.63) is 51.7 Å². The van der Waals surface area contributed by atoms with Gasteiger partial charge < -0.3 is 10.1 Å².